The highest BCUT2D eigenvalue weighted by Gasteiger charge is 2.24. The molecular weight excluding hydrogens is 314 g/mol. The number of rotatable bonds is 5. The van der Waals surface area contributed by atoms with Gasteiger partial charge < -0.3 is 15.0 Å². The number of nitrogens with zero attached hydrogens (tertiary/aromatic N) is 2. The van der Waals surface area contributed by atoms with Crippen LogP contribution < -0.4 is 5.32 Å². The van der Waals surface area contributed by atoms with Gasteiger partial charge in [-0.05, 0) is 30.5 Å². The van der Waals surface area contributed by atoms with E-state index in [1.54, 1.807) is 0 Å². The van der Waals surface area contributed by atoms with Crippen LogP contribution in [0.15, 0.2) is 48.7 Å². The number of benzene rings is 1. The molecule has 1 N–H and O–H groups in total. The van der Waals surface area contributed by atoms with Crippen molar-refractivity contribution in [2.45, 2.75) is 25.9 Å². The van der Waals surface area contributed by atoms with Crippen molar-refractivity contribution in [2.24, 2.45) is 0 Å². The number of carbonyl (C=O) groups excluding carboxylic acids is 1. The molecule has 2 aromatic rings. The van der Waals surface area contributed by atoms with E-state index in [0.717, 1.165) is 24.1 Å². The monoisotopic (exact) mass is 339 g/mol. The van der Waals surface area contributed by atoms with Crippen molar-refractivity contribution in [3.8, 4) is 0 Å². The Labute approximate surface area is 149 Å². The molecule has 1 fully saturated rings. The molecule has 0 radical (unpaired) electrons. The summed E-state index contributed by atoms with van der Waals surface area (Å²) in [6.45, 7) is 4.45. The number of aromatic nitrogens is 1. The maximum absolute atomic E-state index is 12.4. The first-order valence-corrected chi connectivity index (χ1v) is 8.80. The van der Waals surface area contributed by atoms with Crippen LogP contribution in [0, 0.1) is 6.92 Å². The molecule has 5 heteroatoms. The van der Waals surface area contributed by atoms with Gasteiger partial charge in [0.15, 0.2) is 0 Å². The fourth-order valence-electron chi connectivity index (χ4n) is 2.98. The number of amides is 2. The summed E-state index contributed by atoms with van der Waals surface area (Å²) in [6, 6.07) is 14.3. The fraction of sp³-hybridized carbons (Fsp3) is 0.400. The van der Waals surface area contributed by atoms with Crippen molar-refractivity contribution in [1.82, 2.24) is 15.2 Å². The van der Waals surface area contributed by atoms with E-state index in [1.807, 2.05) is 42.3 Å². The second-order valence-electron chi connectivity index (χ2n) is 6.42. The lowest BCUT2D eigenvalue weighted by atomic mass is 10.1. The minimum atomic E-state index is -0.0126. The number of urea groups is 1. The first kappa shape index (κ1) is 17.4. The van der Waals surface area contributed by atoms with Gasteiger partial charge in [0, 0.05) is 37.9 Å². The van der Waals surface area contributed by atoms with Gasteiger partial charge in [-0.15, -0.1) is 0 Å². The zero-order chi connectivity index (χ0) is 17.5. The third kappa shape index (κ3) is 5.29. The van der Waals surface area contributed by atoms with E-state index >= 15 is 0 Å². The van der Waals surface area contributed by atoms with Crippen LogP contribution in [0.1, 0.15) is 16.8 Å². The molecular formula is C20H25N3O2. The molecule has 0 spiro atoms. The van der Waals surface area contributed by atoms with E-state index in [9.17, 15) is 4.79 Å². The number of pyridine rings is 1. The highest BCUT2D eigenvalue weighted by Crippen LogP contribution is 2.12. The zero-order valence-electron chi connectivity index (χ0n) is 14.6. The van der Waals surface area contributed by atoms with Crippen molar-refractivity contribution in [2.75, 3.05) is 26.2 Å². The summed E-state index contributed by atoms with van der Waals surface area (Å²) in [7, 11) is 0. The first-order valence-electron chi connectivity index (χ1n) is 8.80. The normalized spacial score (nSPS) is 17.3. The molecule has 1 aliphatic rings. The Hall–Kier alpha value is -2.40. The summed E-state index contributed by atoms with van der Waals surface area (Å²) in [5.41, 5.74) is 3.38. The lowest BCUT2D eigenvalue weighted by Crippen LogP contribution is -2.50. The molecule has 0 unspecified atom stereocenters. The standard InChI is InChI=1S/C20H25N3O2/c1-16-7-8-18(14-22-16)9-10-21-20(24)23-11-12-25-19(15-23)13-17-5-3-2-4-6-17/h2-8,14,19H,9-13,15H2,1H3,(H,21,24)/t19-/m0/s1. The van der Waals surface area contributed by atoms with Crippen LogP contribution in [0.25, 0.3) is 0 Å². The van der Waals surface area contributed by atoms with Crippen molar-refractivity contribution in [3.05, 3.63) is 65.5 Å². The van der Waals surface area contributed by atoms with E-state index in [2.05, 4.69) is 28.5 Å². The molecule has 3 rings (SSSR count). The molecule has 0 saturated carbocycles. The molecule has 25 heavy (non-hydrogen) atoms. The maximum atomic E-state index is 12.4. The third-order valence-corrected chi connectivity index (χ3v) is 4.39. The lowest BCUT2D eigenvalue weighted by molar-refractivity contribution is -0.0132. The number of ether oxygens (including phenoxy) is 1. The summed E-state index contributed by atoms with van der Waals surface area (Å²) in [4.78, 5) is 18.5. The van der Waals surface area contributed by atoms with Crippen LogP contribution >= 0.6 is 0 Å². The third-order valence-electron chi connectivity index (χ3n) is 4.39. The zero-order valence-corrected chi connectivity index (χ0v) is 14.6. The maximum Gasteiger partial charge on any atom is 0.317 e. The summed E-state index contributed by atoms with van der Waals surface area (Å²) >= 11 is 0. The van der Waals surface area contributed by atoms with Crippen molar-refractivity contribution in [1.29, 1.82) is 0 Å². The average molecular weight is 339 g/mol. The molecule has 0 aliphatic carbocycles. The minimum absolute atomic E-state index is 0.0126. The molecule has 132 valence electrons. The van der Waals surface area contributed by atoms with Crippen LogP contribution in [0.2, 0.25) is 0 Å². The van der Waals surface area contributed by atoms with E-state index in [1.165, 1.54) is 5.56 Å². The van der Waals surface area contributed by atoms with Gasteiger partial charge in [-0.3, -0.25) is 4.98 Å². The van der Waals surface area contributed by atoms with Crippen molar-refractivity contribution in [3.63, 3.8) is 0 Å². The SMILES string of the molecule is Cc1ccc(CCNC(=O)N2CCO[C@@H](Cc3ccccc3)C2)cn1. The van der Waals surface area contributed by atoms with Crippen molar-refractivity contribution < 1.29 is 9.53 Å². The second-order valence-corrected chi connectivity index (χ2v) is 6.42. The highest BCUT2D eigenvalue weighted by molar-refractivity contribution is 5.74. The topological polar surface area (TPSA) is 54.5 Å². The van der Waals surface area contributed by atoms with Gasteiger partial charge in [0.1, 0.15) is 0 Å². The molecule has 5 nitrogen and oxygen atoms in total. The molecule has 2 heterocycles. The lowest BCUT2D eigenvalue weighted by Gasteiger charge is -2.33. The Balaban J connectivity index is 1.44. The molecule has 0 bridgehead atoms. The number of nitrogens with one attached hydrogen (secondary N) is 1. The van der Waals surface area contributed by atoms with Gasteiger partial charge >= 0.3 is 6.03 Å². The number of hydrogen-bond acceptors (Lipinski definition) is 3. The van der Waals surface area contributed by atoms with Gasteiger partial charge in [0.25, 0.3) is 0 Å². The Bertz CT molecular complexity index is 673. The van der Waals surface area contributed by atoms with E-state index < -0.39 is 0 Å². The van der Waals surface area contributed by atoms with Gasteiger partial charge in [0.2, 0.25) is 0 Å². The molecule has 1 aromatic heterocycles. The molecule has 1 aromatic carbocycles. The summed E-state index contributed by atoms with van der Waals surface area (Å²) in [5, 5.41) is 3.00. The fourth-order valence-corrected chi connectivity index (χ4v) is 2.98. The van der Waals surface area contributed by atoms with Crippen LogP contribution in [-0.2, 0) is 17.6 Å². The Morgan fingerprint density at radius 2 is 2.08 bits per heavy atom. The Kier molecular flexibility index (Phi) is 6.01. The summed E-state index contributed by atoms with van der Waals surface area (Å²) < 4.78 is 5.82. The second kappa shape index (κ2) is 8.62. The summed E-state index contributed by atoms with van der Waals surface area (Å²) in [5.74, 6) is 0. The number of morpholine rings is 1. The Morgan fingerprint density at radius 3 is 2.84 bits per heavy atom. The van der Waals surface area contributed by atoms with Gasteiger partial charge in [-0.2, -0.15) is 0 Å². The predicted molar refractivity (Wildman–Crippen MR) is 97.5 cm³/mol. The van der Waals surface area contributed by atoms with Crippen LogP contribution in [0.5, 0.6) is 0 Å². The molecule has 1 aliphatic heterocycles. The van der Waals surface area contributed by atoms with Crippen molar-refractivity contribution >= 4 is 6.03 Å². The Morgan fingerprint density at radius 1 is 1.24 bits per heavy atom. The average Bonchev–Trinajstić information content (AvgIpc) is 2.64. The minimum Gasteiger partial charge on any atom is -0.374 e. The smallest absolute Gasteiger partial charge is 0.317 e. The van der Waals surface area contributed by atoms with Gasteiger partial charge in [0.05, 0.1) is 12.7 Å². The number of hydrogen-bond donors (Lipinski definition) is 1. The molecule has 1 saturated heterocycles. The quantitative estimate of drug-likeness (QED) is 0.911. The summed E-state index contributed by atoms with van der Waals surface area (Å²) in [6.07, 6.45) is 3.55. The largest absolute Gasteiger partial charge is 0.374 e. The van der Waals surface area contributed by atoms with Crippen LogP contribution in [0.3, 0.4) is 0 Å². The van der Waals surface area contributed by atoms with Crippen LogP contribution in [0.4, 0.5) is 4.79 Å². The van der Waals surface area contributed by atoms with Gasteiger partial charge in [-0.1, -0.05) is 36.4 Å². The molecule has 2 amide bonds. The predicted octanol–water partition coefficient (Wildman–Crippen LogP) is 2.59. The van der Waals surface area contributed by atoms with E-state index in [0.29, 0.717) is 26.2 Å². The van der Waals surface area contributed by atoms with E-state index in [4.69, 9.17) is 4.74 Å². The first-order chi connectivity index (χ1) is 12.2. The van der Waals surface area contributed by atoms with E-state index in [-0.39, 0.29) is 12.1 Å². The van der Waals surface area contributed by atoms with Crippen LogP contribution in [-0.4, -0.2) is 48.3 Å². The van der Waals surface area contributed by atoms with Gasteiger partial charge in [-0.25, -0.2) is 4.79 Å². The number of aryl methyl sites for hydroxylation is 1. The molecule has 1 atom stereocenters. The number of carbonyl (C=O) groups is 1. The highest BCUT2D eigenvalue weighted by atomic mass is 16.5.